The van der Waals surface area contributed by atoms with Gasteiger partial charge in [0.05, 0.1) is 18.3 Å². The molecule has 3 atom stereocenters. The first-order valence-electron chi connectivity index (χ1n) is 6.91. The number of nitrogens with two attached hydrogens (primary N) is 2. The number of hydrazine groups is 1. The van der Waals surface area contributed by atoms with Crippen LogP contribution in [0.5, 0.6) is 0 Å². The Morgan fingerprint density at radius 2 is 1.96 bits per heavy atom. The fraction of sp³-hybridized carbons (Fsp3) is 0.429. The molecule has 6 nitrogen and oxygen atoms in total. The average Bonchev–Trinajstić information content (AvgIpc) is 2.52. The van der Waals surface area contributed by atoms with E-state index in [0.717, 1.165) is 17.1 Å². The van der Waals surface area contributed by atoms with Crippen molar-refractivity contribution in [1.29, 1.82) is 0 Å². The molecule has 1 aliphatic heterocycles. The average molecular weight is 333 g/mol. The lowest BCUT2D eigenvalue weighted by atomic mass is 9.99. The van der Waals surface area contributed by atoms with Gasteiger partial charge in [0, 0.05) is 18.4 Å². The molecule has 23 heavy (non-hydrogen) atoms. The van der Waals surface area contributed by atoms with Gasteiger partial charge in [-0.3, -0.25) is 0 Å². The molecular weight excluding hydrogens is 315 g/mol. The molecular formula is C14H18F3N3O3. The first-order chi connectivity index (χ1) is 10.8. The SMILES string of the molecule is N/C(=C\N(N)C1CCOC(CO)C1O)c1cc(F)c(F)c(F)c1. The molecule has 0 aliphatic carbocycles. The molecule has 1 fully saturated rings. The van der Waals surface area contributed by atoms with E-state index in [1.807, 2.05) is 0 Å². The van der Waals surface area contributed by atoms with Gasteiger partial charge in [-0.2, -0.15) is 0 Å². The summed E-state index contributed by atoms with van der Waals surface area (Å²) in [5.74, 6) is 1.49. The molecule has 0 bridgehead atoms. The zero-order chi connectivity index (χ0) is 17.1. The topological polar surface area (TPSA) is 105 Å². The first kappa shape index (κ1) is 17.5. The predicted octanol–water partition coefficient (Wildman–Crippen LogP) is 0.0474. The number of ether oxygens (including phenoxy) is 1. The minimum atomic E-state index is -1.59. The number of rotatable bonds is 4. The van der Waals surface area contributed by atoms with Crippen molar-refractivity contribution >= 4 is 5.70 Å². The van der Waals surface area contributed by atoms with Crippen LogP contribution in [-0.4, -0.2) is 46.7 Å². The van der Waals surface area contributed by atoms with E-state index >= 15 is 0 Å². The lowest BCUT2D eigenvalue weighted by molar-refractivity contribution is -0.126. The number of nitrogens with zero attached hydrogens (tertiary/aromatic N) is 1. The maximum atomic E-state index is 13.2. The van der Waals surface area contributed by atoms with Gasteiger partial charge in [0.25, 0.3) is 0 Å². The van der Waals surface area contributed by atoms with E-state index in [2.05, 4.69) is 0 Å². The van der Waals surface area contributed by atoms with Crippen molar-refractivity contribution in [3.8, 4) is 0 Å². The van der Waals surface area contributed by atoms with Gasteiger partial charge in [-0.1, -0.05) is 0 Å². The van der Waals surface area contributed by atoms with Crippen LogP contribution in [0.2, 0.25) is 0 Å². The fourth-order valence-corrected chi connectivity index (χ4v) is 2.40. The zero-order valence-electron chi connectivity index (χ0n) is 12.1. The number of hydrogen-bond donors (Lipinski definition) is 4. The second kappa shape index (κ2) is 7.18. The van der Waals surface area contributed by atoms with E-state index in [1.54, 1.807) is 0 Å². The number of hydrogen-bond acceptors (Lipinski definition) is 6. The second-order valence-electron chi connectivity index (χ2n) is 5.22. The molecule has 128 valence electrons. The summed E-state index contributed by atoms with van der Waals surface area (Å²) in [6, 6.07) is 0.888. The summed E-state index contributed by atoms with van der Waals surface area (Å²) in [6.07, 6.45) is -0.302. The van der Waals surface area contributed by atoms with Gasteiger partial charge >= 0.3 is 0 Å². The second-order valence-corrected chi connectivity index (χ2v) is 5.22. The molecule has 0 amide bonds. The van der Waals surface area contributed by atoms with Crippen LogP contribution >= 0.6 is 0 Å². The van der Waals surface area contributed by atoms with Crippen molar-refractivity contribution < 1.29 is 28.1 Å². The van der Waals surface area contributed by atoms with E-state index in [0.29, 0.717) is 6.42 Å². The standard InChI is InChI=1S/C14H18F3N3O3/c15-8-3-7(4-9(16)13(8)17)10(18)5-20(19)11-1-2-23-12(6-21)14(11)22/h3-5,11-12,14,21-22H,1-2,6,18-19H2/b10-5-. The summed E-state index contributed by atoms with van der Waals surface area (Å²) in [5, 5.41) is 20.3. The fourth-order valence-electron chi connectivity index (χ4n) is 2.40. The Hall–Kier alpha value is -1.81. The third kappa shape index (κ3) is 3.75. The van der Waals surface area contributed by atoms with Crippen molar-refractivity contribution in [2.75, 3.05) is 13.2 Å². The third-order valence-corrected chi connectivity index (χ3v) is 3.69. The lowest BCUT2D eigenvalue weighted by Gasteiger charge is -2.38. The van der Waals surface area contributed by atoms with Gasteiger partial charge in [-0.25, -0.2) is 19.0 Å². The molecule has 0 spiro atoms. The van der Waals surface area contributed by atoms with Crippen LogP contribution in [0, 0.1) is 17.5 Å². The van der Waals surface area contributed by atoms with Crippen molar-refractivity contribution in [3.63, 3.8) is 0 Å². The minimum absolute atomic E-state index is 0.0860. The Morgan fingerprint density at radius 1 is 1.35 bits per heavy atom. The van der Waals surface area contributed by atoms with E-state index in [-0.39, 0.29) is 24.5 Å². The molecule has 0 aromatic heterocycles. The van der Waals surface area contributed by atoms with Crippen LogP contribution in [0.15, 0.2) is 18.3 Å². The van der Waals surface area contributed by atoms with E-state index in [9.17, 15) is 18.3 Å². The van der Waals surface area contributed by atoms with Crippen LogP contribution in [-0.2, 0) is 4.74 Å². The summed E-state index contributed by atoms with van der Waals surface area (Å²) >= 11 is 0. The molecule has 2 rings (SSSR count). The Balaban J connectivity index is 2.19. The Bertz CT molecular complexity index is 577. The smallest absolute Gasteiger partial charge is 0.194 e. The molecule has 1 aromatic rings. The quantitative estimate of drug-likeness (QED) is 0.352. The van der Waals surface area contributed by atoms with Crippen LogP contribution in [0.4, 0.5) is 13.2 Å². The number of benzene rings is 1. The zero-order valence-corrected chi connectivity index (χ0v) is 12.1. The summed E-state index contributed by atoms with van der Waals surface area (Å²) < 4.78 is 44.6. The van der Waals surface area contributed by atoms with Crippen molar-refractivity contribution in [2.24, 2.45) is 11.6 Å². The highest BCUT2D eigenvalue weighted by molar-refractivity contribution is 5.62. The van der Waals surface area contributed by atoms with Gasteiger partial charge in [0.15, 0.2) is 17.5 Å². The number of aliphatic hydroxyl groups is 2. The maximum Gasteiger partial charge on any atom is 0.194 e. The number of halogens is 3. The van der Waals surface area contributed by atoms with Gasteiger partial charge in [-0.15, -0.1) is 0 Å². The van der Waals surface area contributed by atoms with E-state index in [4.69, 9.17) is 21.4 Å². The molecule has 9 heteroatoms. The molecule has 1 aliphatic rings. The summed E-state index contributed by atoms with van der Waals surface area (Å²) in [7, 11) is 0. The molecule has 1 aromatic carbocycles. The van der Waals surface area contributed by atoms with E-state index in [1.165, 1.54) is 6.20 Å². The van der Waals surface area contributed by atoms with Crippen LogP contribution in [0.25, 0.3) is 5.70 Å². The summed E-state index contributed by atoms with van der Waals surface area (Å²) in [4.78, 5) is 0. The minimum Gasteiger partial charge on any atom is -0.397 e. The maximum absolute atomic E-state index is 13.2. The highest BCUT2D eigenvalue weighted by atomic mass is 19.2. The van der Waals surface area contributed by atoms with Gasteiger partial charge < -0.3 is 25.7 Å². The molecule has 1 heterocycles. The van der Waals surface area contributed by atoms with Crippen molar-refractivity contribution in [2.45, 2.75) is 24.7 Å². The van der Waals surface area contributed by atoms with Gasteiger partial charge in [0.2, 0.25) is 0 Å². The van der Waals surface area contributed by atoms with Crippen molar-refractivity contribution in [1.82, 2.24) is 5.01 Å². The monoisotopic (exact) mass is 333 g/mol. The molecule has 1 saturated heterocycles. The van der Waals surface area contributed by atoms with Crippen LogP contribution in [0.1, 0.15) is 12.0 Å². The highest BCUT2D eigenvalue weighted by Crippen LogP contribution is 2.21. The Morgan fingerprint density at radius 3 is 2.52 bits per heavy atom. The number of aliphatic hydroxyl groups excluding tert-OH is 2. The van der Waals surface area contributed by atoms with Gasteiger partial charge in [-0.05, 0) is 18.6 Å². The Kier molecular flexibility index (Phi) is 5.47. The predicted molar refractivity (Wildman–Crippen MR) is 75.7 cm³/mol. The summed E-state index contributed by atoms with van der Waals surface area (Å²) in [6.45, 7) is -0.104. The highest BCUT2D eigenvalue weighted by Gasteiger charge is 2.34. The third-order valence-electron chi connectivity index (χ3n) is 3.69. The van der Waals surface area contributed by atoms with Crippen LogP contribution < -0.4 is 11.6 Å². The Labute approximate surface area is 130 Å². The molecule has 3 unspecified atom stereocenters. The van der Waals surface area contributed by atoms with Crippen LogP contribution in [0.3, 0.4) is 0 Å². The summed E-state index contributed by atoms with van der Waals surface area (Å²) in [5.41, 5.74) is 5.53. The molecule has 0 saturated carbocycles. The largest absolute Gasteiger partial charge is 0.397 e. The molecule has 6 N–H and O–H groups in total. The lowest BCUT2D eigenvalue weighted by Crippen LogP contribution is -2.55. The van der Waals surface area contributed by atoms with E-state index < -0.39 is 35.7 Å². The normalized spacial score (nSPS) is 25.5. The molecule has 0 radical (unpaired) electrons. The van der Waals surface area contributed by atoms with Crippen molar-refractivity contribution in [3.05, 3.63) is 41.3 Å². The first-order valence-corrected chi connectivity index (χ1v) is 6.91. The van der Waals surface area contributed by atoms with Gasteiger partial charge in [0.1, 0.15) is 12.2 Å².